The van der Waals surface area contributed by atoms with Gasteiger partial charge in [0.2, 0.25) is 10.0 Å². The van der Waals surface area contributed by atoms with E-state index < -0.39 is 16.1 Å². The third-order valence-electron chi connectivity index (χ3n) is 6.49. The van der Waals surface area contributed by atoms with Gasteiger partial charge in [-0.05, 0) is 29.7 Å². The smallest absolute Gasteiger partial charge is 0.328 e. The molecular weight excluding hydrogens is 605 g/mol. The zero-order chi connectivity index (χ0) is 26.6. The van der Waals surface area contributed by atoms with Gasteiger partial charge in [-0.25, -0.2) is 23.2 Å². The van der Waals surface area contributed by atoms with Crippen LogP contribution in [0.5, 0.6) is 0 Å². The largest absolute Gasteiger partial charge is 0.467 e. The van der Waals surface area contributed by atoms with Crippen LogP contribution in [0.1, 0.15) is 25.2 Å². The molecule has 2 heterocycles. The van der Waals surface area contributed by atoms with Crippen molar-refractivity contribution in [2.24, 2.45) is 5.92 Å². The van der Waals surface area contributed by atoms with Gasteiger partial charge in [-0.1, -0.05) is 66.8 Å². The van der Waals surface area contributed by atoms with Crippen LogP contribution in [0.3, 0.4) is 0 Å². The molecule has 0 bridgehead atoms. The number of nitrogens with zero attached hydrogens (tertiary/aromatic N) is 4. The SMILES string of the molecule is COC(=O)[C@@H](Nc1nc(CN2CCN(S(=O)(=O)c3ccccc3CI)CC2)nc2ccccc12)C(C)C. The van der Waals surface area contributed by atoms with Crippen LogP contribution >= 0.6 is 22.6 Å². The molecule has 3 aromatic rings. The van der Waals surface area contributed by atoms with Crippen LogP contribution in [-0.4, -0.2) is 72.9 Å². The fourth-order valence-electron chi connectivity index (χ4n) is 4.41. The van der Waals surface area contributed by atoms with Gasteiger partial charge in [-0.3, -0.25) is 4.90 Å². The maximum Gasteiger partial charge on any atom is 0.328 e. The van der Waals surface area contributed by atoms with Gasteiger partial charge in [0.25, 0.3) is 0 Å². The summed E-state index contributed by atoms with van der Waals surface area (Å²) < 4.78 is 33.8. The molecule has 1 atom stereocenters. The average Bonchev–Trinajstić information content (AvgIpc) is 2.91. The molecule has 1 aliphatic rings. The van der Waals surface area contributed by atoms with Crippen LogP contribution in [0, 0.1) is 5.92 Å². The van der Waals surface area contributed by atoms with Gasteiger partial charge in [0.1, 0.15) is 17.7 Å². The van der Waals surface area contributed by atoms with Gasteiger partial charge in [-0.2, -0.15) is 4.31 Å². The van der Waals surface area contributed by atoms with Gasteiger partial charge < -0.3 is 10.1 Å². The number of hydrogen-bond acceptors (Lipinski definition) is 8. The Kier molecular flexibility index (Phi) is 8.98. The quantitative estimate of drug-likeness (QED) is 0.215. The molecule has 1 aliphatic heterocycles. The van der Waals surface area contributed by atoms with E-state index in [1.807, 2.05) is 50.2 Å². The molecule has 0 unspecified atom stereocenters. The predicted octanol–water partition coefficient (Wildman–Crippen LogP) is 3.68. The number of piperazine rings is 1. The van der Waals surface area contributed by atoms with Gasteiger partial charge in [-0.15, -0.1) is 0 Å². The number of aromatic nitrogens is 2. The normalized spacial score (nSPS) is 16.1. The highest BCUT2D eigenvalue weighted by atomic mass is 127. The summed E-state index contributed by atoms with van der Waals surface area (Å²) in [6.45, 7) is 6.31. The topological polar surface area (TPSA) is 105 Å². The molecule has 11 heteroatoms. The standard InChI is InChI=1S/C26H32IN5O4S/c1-18(2)24(26(33)36-3)30-25-20-9-5-6-10-21(20)28-23(29-25)17-31-12-14-32(15-13-31)37(34,35)22-11-7-4-8-19(22)16-27/h4-11,18,24H,12-17H2,1-3H3,(H,28,29,30)/t24-/m0/s1. The first-order chi connectivity index (χ1) is 17.7. The van der Waals surface area contributed by atoms with Crippen molar-refractivity contribution < 1.29 is 17.9 Å². The summed E-state index contributed by atoms with van der Waals surface area (Å²) >= 11 is 2.19. The molecule has 4 rings (SSSR count). The van der Waals surface area contributed by atoms with Crippen molar-refractivity contribution in [1.29, 1.82) is 0 Å². The number of carbonyl (C=O) groups is 1. The molecule has 9 nitrogen and oxygen atoms in total. The summed E-state index contributed by atoms with van der Waals surface area (Å²) in [5, 5.41) is 4.10. The van der Waals surface area contributed by atoms with Crippen LogP contribution in [0.15, 0.2) is 53.4 Å². The minimum atomic E-state index is -3.55. The molecule has 0 aliphatic carbocycles. The van der Waals surface area contributed by atoms with Crippen molar-refractivity contribution >= 4 is 55.3 Å². The zero-order valence-electron chi connectivity index (χ0n) is 21.2. The van der Waals surface area contributed by atoms with E-state index in [2.05, 4.69) is 32.8 Å². The number of nitrogens with one attached hydrogen (secondary N) is 1. The summed E-state index contributed by atoms with van der Waals surface area (Å²) in [6.07, 6.45) is 0. The Morgan fingerprint density at radius 2 is 1.73 bits per heavy atom. The predicted molar refractivity (Wildman–Crippen MR) is 152 cm³/mol. The molecule has 37 heavy (non-hydrogen) atoms. The van der Waals surface area contributed by atoms with E-state index >= 15 is 0 Å². The summed E-state index contributed by atoms with van der Waals surface area (Å²) in [5.41, 5.74) is 1.60. The van der Waals surface area contributed by atoms with E-state index in [0.717, 1.165) is 16.5 Å². The molecule has 0 amide bonds. The lowest BCUT2D eigenvalue weighted by Gasteiger charge is -2.34. The van der Waals surface area contributed by atoms with E-state index in [9.17, 15) is 13.2 Å². The Bertz CT molecular complexity index is 1360. The third kappa shape index (κ3) is 6.21. The third-order valence-corrected chi connectivity index (χ3v) is 9.32. The number of para-hydroxylation sites is 1. The highest BCUT2D eigenvalue weighted by molar-refractivity contribution is 14.1. The van der Waals surface area contributed by atoms with Gasteiger partial charge in [0.05, 0.1) is 24.1 Å². The molecule has 0 saturated carbocycles. The highest BCUT2D eigenvalue weighted by Crippen LogP contribution is 2.25. The Hall–Kier alpha value is -2.35. The molecule has 2 aromatic carbocycles. The lowest BCUT2D eigenvalue weighted by atomic mass is 10.0. The van der Waals surface area contributed by atoms with E-state index in [-0.39, 0.29) is 11.9 Å². The fraction of sp³-hybridized carbons (Fsp3) is 0.423. The van der Waals surface area contributed by atoms with Crippen molar-refractivity contribution in [1.82, 2.24) is 19.2 Å². The number of methoxy groups -OCH3 is 1. The Balaban J connectivity index is 1.51. The molecule has 1 fully saturated rings. The fourth-order valence-corrected chi connectivity index (χ4v) is 6.98. The van der Waals surface area contributed by atoms with E-state index in [4.69, 9.17) is 14.7 Å². The molecule has 0 radical (unpaired) electrons. The number of hydrogen-bond donors (Lipinski definition) is 1. The molecule has 1 N–H and O–H groups in total. The molecule has 1 aromatic heterocycles. The average molecular weight is 638 g/mol. The minimum Gasteiger partial charge on any atom is -0.467 e. The number of ether oxygens (including phenoxy) is 1. The number of halogens is 1. The second-order valence-corrected chi connectivity index (χ2v) is 12.0. The molecule has 1 saturated heterocycles. The maximum absolute atomic E-state index is 13.3. The monoisotopic (exact) mass is 637 g/mol. The van der Waals surface area contributed by atoms with E-state index in [1.165, 1.54) is 7.11 Å². The van der Waals surface area contributed by atoms with Crippen molar-refractivity contribution in [2.75, 3.05) is 38.6 Å². The van der Waals surface area contributed by atoms with Crippen LogP contribution in [0.25, 0.3) is 10.9 Å². The lowest BCUT2D eigenvalue weighted by molar-refractivity contribution is -0.142. The first-order valence-electron chi connectivity index (χ1n) is 12.2. The number of benzene rings is 2. The number of anilines is 1. The number of fused-ring (bicyclic) bond motifs is 1. The summed E-state index contributed by atoms with van der Waals surface area (Å²) in [5.74, 6) is 0.846. The molecule has 198 valence electrons. The van der Waals surface area contributed by atoms with E-state index in [0.29, 0.717) is 53.7 Å². The van der Waals surface area contributed by atoms with Gasteiger partial charge in [0, 0.05) is 36.0 Å². The lowest BCUT2D eigenvalue weighted by Crippen LogP contribution is -2.48. The number of sulfonamides is 1. The van der Waals surface area contributed by atoms with Gasteiger partial charge in [0.15, 0.2) is 0 Å². The Labute approximate surface area is 231 Å². The number of alkyl halides is 1. The van der Waals surface area contributed by atoms with Crippen molar-refractivity contribution in [3.63, 3.8) is 0 Å². The minimum absolute atomic E-state index is 0.00279. The van der Waals surface area contributed by atoms with Crippen molar-refractivity contribution in [3.8, 4) is 0 Å². The summed E-state index contributed by atoms with van der Waals surface area (Å²) in [4.78, 5) is 24.4. The van der Waals surface area contributed by atoms with Crippen LogP contribution in [0.4, 0.5) is 5.82 Å². The number of rotatable bonds is 9. The van der Waals surface area contributed by atoms with E-state index in [1.54, 1.807) is 16.4 Å². The van der Waals surface area contributed by atoms with Crippen LogP contribution < -0.4 is 5.32 Å². The Morgan fingerprint density at radius 1 is 1.05 bits per heavy atom. The first-order valence-corrected chi connectivity index (χ1v) is 15.2. The van der Waals surface area contributed by atoms with Crippen LogP contribution in [0.2, 0.25) is 0 Å². The zero-order valence-corrected chi connectivity index (χ0v) is 24.2. The van der Waals surface area contributed by atoms with Crippen molar-refractivity contribution in [2.45, 2.75) is 35.8 Å². The summed E-state index contributed by atoms with van der Waals surface area (Å²) in [7, 11) is -2.17. The van der Waals surface area contributed by atoms with Gasteiger partial charge >= 0.3 is 5.97 Å². The highest BCUT2D eigenvalue weighted by Gasteiger charge is 2.30. The second-order valence-electron chi connectivity index (χ2n) is 9.32. The number of esters is 1. The first kappa shape index (κ1) is 27.7. The number of carbonyl (C=O) groups excluding carboxylic acids is 1. The Morgan fingerprint density at radius 3 is 2.41 bits per heavy atom. The van der Waals surface area contributed by atoms with Crippen molar-refractivity contribution in [3.05, 3.63) is 59.9 Å². The maximum atomic E-state index is 13.3. The summed E-state index contributed by atoms with van der Waals surface area (Å²) in [6, 6.07) is 14.3. The molecule has 0 spiro atoms. The molecular formula is C26H32IN5O4S. The second kappa shape index (κ2) is 12.0. The van der Waals surface area contributed by atoms with Crippen LogP contribution in [-0.2, 0) is 30.5 Å².